The highest BCUT2D eigenvalue weighted by molar-refractivity contribution is 5.79. The van der Waals surface area contributed by atoms with Crippen LogP contribution in [0.15, 0.2) is 0 Å². The van der Waals surface area contributed by atoms with Crippen molar-refractivity contribution in [3.63, 3.8) is 0 Å². The fourth-order valence-electron chi connectivity index (χ4n) is 2.87. The monoisotopic (exact) mass is 238 g/mol. The molecule has 2 N–H and O–H groups in total. The van der Waals surface area contributed by atoms with Crippen LogP contribution < -0.4 is 5.73 Å². The Kier molecular flexibility index (Phi) is 4.43. The van der Waals surface area contributed by atoms with Gasteiger partial charge in [-0.3, -0.25) is 4.79 Å². The molecule has 0 aromatic rings. The maximum absolute atomic E-state index is 12.5. The van der Waals surface area contributed by atoms with Crippen LogP contribution in [0.5, 0.6) is 0 Å². The first-order valence-corrected chi connectivity index (χ1v) is 7.28. The predicted molar refractivity (Wildman–Crippen MR) is 69.6 cm³/mol. The molecule has 3 heteroatoms. The second-order valence-corrected chi connectivity index (χ2v) is 5.74. The van der Waals surface area contributed by atoms with Crippen LogP contribution in [-0.4, -0.2) is 29.4 Å². The first kappa shape index (κ1) is 12.9. The van der Waals surface area contributed by atoms with Gasteiger partial charge < -0.3 is 10.6 Å². The van der Waals surface area contributed by atoms with Gasteiger partial charge in [0, 0.05) is 24.5 Å². The highest BCUT2D eigenvalue weighted by Gasteiger charge is 2.36. The molecule has 3 nitrogen and oxygen atoms in total. The van der Waals surface area contributed by atoms with Crippen LogP contribution in [-0.2, 0) is 4.79 Å². The molecule has 2 saturated carbocycles. The fourth-order valence-corrected chi connectivity index (χ4v) is 2.87. The summed E-state index contributed by atoms with van der Waals surface area (Å²) < 4.78 is 0. The van der Waals surface area contributed by atoms with E-state index in [0.717, 1.165) is 38.6 Å². The van der Waals surface area contributed by atoms with E-state index in [1.54, 1.807) is 0 Å². The number of rotatable bonds is 5. The number of amides is 1. The molecule has 0 aromatic carbocycles. The third-order valence-electron chi connectivity index (χ3n) is 4.09. The second kappa shape index (κ2) is 5.85. The largest absolute Gasteiger partial charge is 0.339 e. The third kappa shape index (κ3) is 3.44. The Balaban J connectivity index is 1.90. The van der Waals surface area contributed by atoms with E-state index >= 15 is 0 Å². The standard InChI is InChI=1S/C14H26N2O/c1-2-3-9-16(13-7-8-13)14(17)11-5-4-6-12(15)10-11/h11-13H,2-10,15H2,1H3. The van der Waals surface area contributed by atoms with Gasteiger partial charge in [0.05, 0.1) is 0 Å². The van der Waals surface area contributed by atoms with Crippen LogP contribution in [0, 0.1) is 5.92 Å². The van der Waals surface area contributed by atoms with Crippen molar-refractivity contribution in [3.05, 3.63) is 0 Å². The van der Waals surface area contributed by atoms with Crippen molar-refractivity contribution in [2.24, 2.45) is 11.7 Å². The summed E-state index contributed by atoms with van der Waals surface area (Å²) in [7, 11) is 0. The van der Waals surface area contributed by atoms with Crippen molar-refractivity contribution in [3.8, 4) is 0 Å². The predicted octanol–water partition coefficient (Wildman–Crippen LogP) is 2.29. The SMILES string of the molecule is CCCCN(C(=O)C1CCCC(N)C1)C1CC1. The van der Waals surface area contributed by atoms with Crippen molar-refractivity contribution in [2.45, 2.75) is 70.4 Å². The molecule has 0 saturated heterocycles. The third-order valence-corrected chi connectivity index (χ3v) is 4.09. The quantitative estimate of drug-likeness (QED) is 0.799. The number of nitrogens with zero attached hydrogens (tertiary/aromatic N) is 1. The number of carbonyl (C=O) groups is 1. The minimum atomic E-state index is 0.219. The molecular formula is C14H26N2O. The Morgan fingerprint density at radius 2 is 2.06 bits per heavy atom. The zero-order valence-electron chi connectivity index (χ0n) is 11.0. The summed E-state index contributed by atoms with van der Waals surface area (Å²) in [5.41, 5.74) is 5.98. The lowest BCUT2D eigenvalue weighted by Crippen LogP contribution is -2.42. The molecule has 0 heterocycles. The van der Waals surface area contributed by atoms with Crippen molar-refractivity contribution in [1.29, 1.82) is 0 Å². The molecule has 0 bridgehead atoms. The molecular weight excluding hydrogens is 212 g/mol. The van der Waals surface area contributed by atoms with E-state index in [1.165, 1.54) is 19.3 Å². The van der Waals surface area contributed by atoms with Gasteiger partial charge >= 0.3 is 0 Å². The number of hydrogen-bond acceptors (Lipinski definition) is 2. The molecule has 2 unspecified atom stereocenters. The lowest BCUT2D eigenvalue weighted by atomic mass is 9.85. The number of nitrogens with two attached hydrogens (primary N) is 1. The average molecular weight is 238 g/mol. The molecule has 0 radical (unpaired) electrons. The zero-order valence-corrected chi connectivity index (χ0v) is 11.0. The molecule has 2 rings (SSSR count). The first-order chi connectivity index (χ1) is 8.22. The summed E-state index contributed by atoms with van der Waals surface area (Å²) in [6, 6.07) is 0.817. The van der Waals surface area contributed by atoms with Crippen LogP contribution in [0.2, 0.25) is 0 Å². The molecule has 2 fully saturated rings. The molecule has 1 amide bonds. The van der Waals surface area contributed by atoms with Crippen molar-refractivity contribution in [2.75, 3.05) is 6.54 Å². The Labute approximate surface area is 105 Å². The van der Waals surface area contributed by atoms with Gasteiger partial charge in [-0.05, 0) is 38.5 Å². The normalized spacial score (nSPS) is 29.1. The minimum absolute atomic E-state index is 0.219. The van der Waals surface area contributed by atoms with Crippen molar-refractivity contribution >= 4 is 5.91 Å². The van der Waals surface area contributed by atoms with Crippen molar-refractivity contribution in [1.82, 2.24) is 4.90 Å². The molecule has 17 heavy (non-hydrogen) atoms. The van der Waals surface area contributed by atoms with Crippen molar-refractivity contribution < 1.29 is 4.79 Å². The Morgan fingerprint density at radius 3 is 2.65 bits per heavy atom. The highest BCUT2D eigenvalue weighted by atomic mass is 16.2. The molecule has 98 valence electrons. The van der Waals surface area contributed by atoms with Crippen LogP contribution in [0.25, 0.3) is 0 Å². The van der Waals surface area contributed by atoms with E-state index < -0.39 is 0 Å². The van der Waals surface area contributed by atoms with E-state index in [9.17, 15) is 4.79 Å². The first-order valence-electron chi connectivity index (χ1n) is 7.28. The smallest absolute Gasteiger partial charge is 0.225 e. The van der Waals surface area contributed by atoms with E-state index in [-0.39, 0.29) is 12.0 Å². The minimum Gasteiger partial charge on any atom is -0.339 e. The maximum atomic E-state index is 12.5. The van der Waals surface area contributed by atoms with E-state index in [1.807, 2.05) is 0 Å². The summed E-state index contributed by atoms with van der Waals surface area (Å²) >= 11 is 0. The Morgan fingerprint density at radius 1 is 1.29 bits per heavy atom. The second-order valence-electron chi connectivity index (χ2n) is 5.74. The van der Waals surface area contributed by atoms with Crippen LogP contribution in [0.4, 0.5) is 0 Å². The summed E-state index contributed by atoms with van der Waals surface area (Å²) in [4.78, 5) is 14.7. The Bertz CT molecular complexity index is 263. The summed E-state index contributed by atoms with van der Waals surface area (Å²) in [6.07, 6.45) is 8.94. The number of carbonyl (C=O) groups excluding carboxylic acids is 1. The van der Waals surface area contributed by atoms with E-state index in [0.29, 0.717) is 11.9 Å². The van der Waals surface area contributed by atoms with Gasteiger partial charge in [0.1, 0.15) is 0 Å². The molecule has 0 aromatic heterocycles. The van der Waals surface area contributed by atoms with Crippen LogP contribution in [0.3, 0.4) is 0 Å². The van der Waals surface area contributed by atoms with E-state index in [2.05, 4.69) is 11.8 Å². The van der Waals surface area contributed by atoms with Gasteiger partial charge in [-0.15, -0.1) is 0 Å². The highest BCUT2D eigenvalue weighted by Crippen LogP contribution is 2.32. The fraction of sp³-hybridized carbons (Fsp3) is 0.929. The van der Waals surface area contributed by atoms with Gasteiger partial charge in [-0.1, -0.05) is 19.8 Å². The van der Waals surface area contributed by atoms with Crippen LogP contribution >= 0.6 is 0 Å². The van der Waals surface area contributed by atoms with Gasteiger partial charge in [-0.2, -0.15) is 0 Å². The van der Waals surface area contributed by atoms with Gasteiger partial charge in [-0.25, -0.2) is 0 Å². The molecule has 2 aliphatic rings. The zero-order chi connectivity index (χ0) is 12.3. The summed E-state index contributed by atoms with van der Waals surface area (Å²) in [6.45, 7) is 3.15. The summed E-state index contributed by atoms with van der Waals surface area (Å²) in [5, 5.41) is 0. The van der Waals surface area contributed by atoms with Gasteiger partial charge in [0.25, 0.3) is 0 Å². The molecule has 2 aliphatic carbocycles. The lowest BCUT2D eigenvalue weighted by molar-refractivity contribution is -0.137. The van der Waals surface area contributed by atoms with Crippen LogP contribution in [0.1, 0.15) is 58.3 Å². The number of hydrogen-bond donors (Lipinski definition) is 1. The summed E-state index contributed by atoms with van der Waals surface area (Å²) in [5.74, 6) is 0.618. The molecule has 0 spiro atoms. The topological polar surface area (TPSA) is 46.3 Å². The van der Waals surface area contributed by atoms with E-state index in [4.69, 9.17) is 5.73 Å². The Hall–Kier alpha value is -0.570. The van der Waals surface area contributed by atoms with Gasteiger partial charge in [0.2, 0.25) is 5.91 Å². The maximum Gasteiger partial charge on any atom is 0.225 e. The number of unbranched alkanes of at least 4 members (excludes halogenated alkanes) is 1. The van der Waals surface area contributed by atoms with Gasteiger partial charge in [0.15, 0.2) is 0 Å². The lowest BCUT2D eigenvalue weighted by Gasteiger charge is -2.31. The molecule has 0 aliphatic heterocycles. The average Bonchev–Trinajstić information content (AvgIpc) is 3.14. The molecule has 2 atom stereocenters.